The smallest absolute Gasteiger partial charge is 0.282 e. The number of pyridine rings is 1. The first kappa shape index (κ1) is 24.4. The van der Waals surface area contributed by atoms with Crippen molar-refractivity contribution in [2.24, 2.45) is 0 Å². The first-order chi connectivity index (χ1) is 16.4. The molecule has 4 rings (SSSR count). The minimum atomic E-state index is -4.66. The lowest BCUT2D eigenvalue weighted by molar-refractivity contribution is -0.141. The summed E-state index contributed by atoms with van der Waals surface area (Å²) in [6.07, 6.45) is -6.74. The topological polar surface area (TPSA) is 93.0 Å². The molecule has 1 N–H and O–H groups in total. The summed E-state index contributed by atoms with van der Waals surface area (Å²) in [4.78, 5) is 11.1. The highest BCUT2D eigenvalue weighted by Crippen LogP contribution is 2.32. The molecule has 0 atom stereocenters. The van der Waals surface area contributed by atoms with Crippen molar-refractivity contribution in [2.45, 2.75) is 17.5 Å². The summed E-state index contributed by atoms with van der Waals surface area (Å²) in [7, 11) is -4.44. The second-order valence-corrected chi connectivity index (χ2v) is 8.74. The van der Waals surface area contributed by atoms with Gasteiger partial charge in [-0.05, 0) is 47.5 Å². The Bertz CT molecular complexity index is 1490. The van der Waals surface area contributed by atoms with Gasteiger partial charge in [0, 0.05) is 17.3 Å². The second kappa shape index (κ2) is 9.12. The molecule has 6 nitrogen and oxygen atoms in total. The van der Waals surface area contributed by atoms with Crippen molar-refractivity contribution >= 4 is 10.1 Å². The van der Waals surface area contributed by atoms with E-state index >= 15 is 0 Å². The van der Waals surface area contributed by atoms with Crippen LogP contribution in [-0.2, 0) is 16.3 Å². The third-order valence-corrected chi connectivity index (χ3v) is 5.75. The zero-order valence-corrected chi connectivity index (χ0v) is 18.2. The molecule has 12 heteroatoms. The number of nitrogens with zero attached hydrogens (tertiary/aromatic N) is 3. The number of hydrogen-bond acceptors (Lipinski definition) is 5. The standard InChI is InChI=1S/C23H14F5N3O3S/c24-21(25)19-11-18(16-7-8-20(29-12-16)23(26,27)28)30-22(31-19)15-5-1-3-13(9-15)14-4-2-6-17(10-14)35(32,33)34/h1-12,21H,(H,32,33,34). The van der Waals surface area contributed by atoms with Crippen LogP contribution in [0.1, 0.15) is 17.8 Å². The predicted octanol–water partition coefficient (Wildman–Crippen LogP) is 6.08. The van der Waals surface area contributed by atoms with Gasteiger partial charge >= 0.3 is 6.18 Å². The van der Waals surface area contributed by atoms with Crippen LogP contribution < -0.4 is 0 Å². The van der Waals surface area contributed by atoms with Gasteiger partial charge in [0.15, 0.2) is 5.82 Å². The summed E-state index contributed by atoms with van der Waals surface area (Å²) in [5, 5.41) is 0. The maximum Gasteiger partial charge on any atom is 0.433 e. The molecule has 0 aliphatic carbocycles. The van der Waals surface area contributed by atoms with Crippen molar-refractivity contribution in [1.82, 2.24) is 15.0 Å². The molecule has 4 aromatic rings. The van der Waals surface area contributed by atoms with Crippen LogP contribution in [0, 0.1) is 0 Å². The molecule has 2 aromatic heterocycles. The third kappa shape index (κ3) is 5.49. The van der Waals surface area contributed by atoms with Gasteiger partial charge in [-0.25, -0.2) is 18.7 Å². The van der Waals surface area contributed by atoms with E-state index in [4.69, 9.17) is 0 Å². The first-order valence-electron chi connectivity index (χ1n) is 9.81. The zero-order chi connectivity index (χ0) is 25.4. The number of alkyl halides is 5. The molecule has 35 heavy (non-hydrogen) atoms. The third-order valence-electron chi connectivity index (χ3n) is 4.91. The summed E-state index contributed by atoms with van der Waals surface area (Å²) < 4.78 is 97.7. The lowest BCUT2D eigenvalue weighted by Crippen LogP contribution is -2.07. The van der Waals surface area contributed by atoms with Crippen molar-refractivity contribution in [3.05, 3.63) is 84.3 Å². The fourth-order valence-corrected chi connectivity index (χ4v) is 3.77. The highest BCUT2D eigenvalue weighted by atomic mass is 32.2. The van der Waals surface area contributed by atoms with Crippen LogP contribution in [-0.4, -0.2) is 27.9 Å². The average molecular weight is 507 g/mol. The highest BCUT2D eigenvalue weighted by molar-refractivity contribution is 7.85. The minimum absolute atomic E-state index is 0.0506. The number of rotatable bonds is 5. The van der Waals surface area contributed by atoms with Crippen molar-refractivity contribution < 1.29 is 34.9 Å². The Balaban J connectivity index is 1.79. The molecule has 180 valence electrons. The molecule has 0 aliphatic heterocycles. The zero-order valence-electron chi connectivity index (χ0n) is 17.4. The van der Waals surface area contributed by atoms with E-state index in [9.17, 15) is 34.9 Å². The van der Waals surface area contributed by atoms with E-state index in [2.05, 4.69) is 15.0 Å². The number of halogens is 5. The van der Waals surface area contributed by atoms with Gasteiger partial charge in [0.25, 0.3) is 16.5 Å². The van der Waals surface area contributed by atoms with Crippen LogP contribution >= 0.6 is 0 Å². The Labute approximate surface area is 195 Å². The summed E-state index contributed by atoms with van der Waals surface area (Å²) in [6, 6.07) is 14.5. The molecule has 0 saturated heterocycles. The van der Waals surface area contributed by atoms with Gasteiger partial charge in [-0.15, -0.1) is 0 Å². The van der Waals surface area contributed by atoms with Gasteiger partial charge in [0.05, 0.1) is 10.6 Å². The van der Waals surface area contributed by atoms with Gasteiger partial charge in [0.2, 0.25) is 0 Å². The van der Waals surface area contributed by atoms with E-state index < -0.39 is 34.1 Å². The molecule has 0 amide bonds. The quantitative estimate of drug-likeness (QED) is 0.260. The molecular formula is C23H14F5N3O3S. The van der Waals surface area contributed by atoms with Gasteiger partial charge in [-0.3, -0.25) is 9.54 Å². The number of benzene rings is 2. The normalized spacial score (nSPS) is 12.2. The Kier molecular flexibility index (Phi) is 6.34. The molecule has 0 spiro atoms. The van der Waals surface area contributed by atoms with Crippen LogP contribution in [0.2, 0.25) is 0 Å². The fraction of sp³-hybridized carbons (Fsp3) is 0.0870. The van der Waals surface area contributed by atoms with Gasteiger partial charge < -0.3 is 0 Å². The van der Waals surface area contributed by atoms with Crippen molar-refractivity contribution in [1.29, 1.82) is 0 Å². The lowest BCUT2D eigenvalue weighted by Gasteiger charge is -2.11. The summed E-state index contributed by atoms with van der Waals surface area (Å²) >= 11 is 0. The molecule has 2 aromatic carbocycles. The van der Waals surface area contributed by atoms with Crippen molar-refractivity contribution in [3.63, 3.8) is 0 Å². The Hall–Kier alpha value is -3.77. The molecule has 0 aliphatic rings. The Morgan fingerprint density at radius 3 is 2.06 bits per heavy atom. The van der Waals surface area contributed by atoms with Crippen LogP contribution in [0.15, 0.2) is 77.8 Å². The van der Waals surface area contributed by atoms with Crippen LogP contribution in [0.5, 0.6) is 0 Å². The molecule has 0 unspecified atom stereocenters. The van der Waals surface area contributed by atoms with E-state index in [1.165, 1.54) is 30.3 Å². The maximum atomic E-state index is 13.5. The molecule has 0 radical (unpaired) electrons. The SMILES string of the molecule is O=S(=O)(O)c1cccc(-c2cccc(-c3nc(-c4ccc(C(F)(F)F)nc4)cc(C(F)F)n3)c2)c1. The van der Waals surface area contributed by atoms with Crippen LogP contribution in [0.25, 0.3) is 33.8 Å². The minimum Gasteiger partial charge on any atom is -0.282 e. The monoisotopic (exact) mass is 507 g/mol. The van der Waals surface area contributed by atoms with E-state index in [0.29, 0.717) is 16.7 Å². The average Bonchev–Trinajstić information content (AvgIpc) is 2.83. The van der Waals surface area contributed by atoms with E-state index in [0.717, 1.165) is 24.4 Å². The molecular weight excluding hydrogens is 493 g/mol. The largest absolute Gasteiger partial charge is 0.433 e. The van der Waals surface area contributed by atoms with Crippen molar-refractivity contribution in [2.75, 3.05) is 0 Å². The molecule has 2 heterocycles. The van der Waals surface area contributed by atoms with E-state index in [-0.39, 0.29) is 22.0 Å². The van der Waals surface area contributed by atoms with E-state index in [1.54, 1.807) is 18.2 Å². The maximum absolute atomic E-state index is 13.5. The summed E-state index contributed by atoms with van der Waals surface area (Å²) in [6.45, 7) is 0. The number of hydrogen-bond donors (Lipinski definition) is 1. The van der Waals surface area contributed by atoms with E-state index in [1.807, 2.05) is 0 Å². The molecule has 0 saturated carbocycles. The summed E-state index contributed by atoms with van der Waals surface area (Å²) in [5.41, 5.74) is -0.543. The Morgan fingerprint density at radius 1 is 0.800 bits per heavy atom. The molecule has 0 bridgehead atoms. The van der Waals surface area contributed by atoms with Crippen LogP contribution in [0.3, 0.4) is 0 Å². The number of aromatic nitrogens is 3. The predicted molar refractivity (Wildman–Crippen MR) is 116 cm³/mol. The lowest BCUT2D eigenvalue weighted by atomic mass is 10.0. The van der Waals surface area contributed by atoms with Gasteiger partial charge in [-0.1, -0.05) is 30.3 Å². The molecule has 0 fully saturated rings. The van der Waals surface area contributed by atoms with Crippen LogP contribution in [0.4, 0.5) is 22.0 Å². The van der Waals surface area contributed by atoms with Gasteiger partial charge in [-0.2, -0.15) is 21.6 Å². The fourth-order valence-electron chi connectivity index (χ4n) is 3.24. The second-order valence-electron chi connectivity index (χ2n) is 7.32. The first-order valence-corrected chi connectivity index (χ1v) is 11.2. The van der Waals surface area contributed by atoms with Gasteiger partial charge in [0.1, 0.15) is 11.4 Å². The summed E-state index contributed by atoms with van der Waals surface area (Å²) in [5.74, 6) is -0.120. The van der Waals surface area contributed by atoms with Crippen molar-refractivity contribution in [3.8, 4) is 33.8 Å². The Morgan fingerprint density at radius 2 is 1.46 bits per heavy atom. The highest BCUT2D eigenvalue weighted by Gasteiger charge is 2.32.